The van der Waals surface area contributed by atoms with Crippen LogP contribution in [0, 0.1) is 13.8 Å². The number of benzene rings is 1. The van der Waals surface area contributed by atoms with Crippen molar-refractivity contribution >= 4 is 5.97 Å². The summed E-state index contributed by atoms with van der Waals surface area (Å²) in [4.78, 5) is 10.9. The van der Waals surface area contributed by atoms with Gasteiger partial charge in [-0.15, -0.1) is 0 Å². The molecular formula is C14H17FO2. The Morgan fingerprint density at radius 2 is 1.88 bits per heavy atom. The molecule has 0 aliphatic heterocycles. The summed E-state index contributed by atoms with van der Waals surface area (Å²) in [7, 11) is 0. The lowest BCUT2D eigenvalue weighted by atomic mass is 9.61. The van der Waals surface area contributed by atoms with Gasteiger partial charge >= 0.3 is 5.97 Å². The summed E-state index contributed by atoms with van der Waals surface area (Å²) in [5.41, 5.74) is 2.70. The van der Waals surface area contributed by atoms with Crippen LogP contribution in [0.4, 0.5) is 4.39 Å². The summed E-state index contributed by atoms with van der Waals surface area (Å²) in [6, 6.07) is 6.02. The largest absolute Gasteiger partial charge is 0.481 e. The quantitative estimate of drug-likeness (QED) is 0.875. The lowest BCUT2D eigenvalue weighted by Crippen LogP contribution is -2.44. The predicted molar refractivity (Wildman–Crippen MR) is 64.0 cm³/mol. The van der Waals surface area contributed by atoms with Crippen LogP contribution in [0.5, 0.6) is 0 Å². The first kappa shape index (κ1) is 12.1. The molecule has 2 rings (SSSR count). The van der Waals surface area contributed by atoms with E-state index in [0.717, 1.165) is 16.7 Å². The first-order chi connectivity index (χ1) is 7.91. The molecule has 17 heavy (non-hydrogen) atoms. The molecule has 1 aliphatic carbocycles. The number of hydrogen-bond acceptors (Lipinski definition) is 1. The van der Waals surface area contributed by atoms with E-state index < -0.39 is 17.6 Å². The number of aliphatic carboxylic acids is 1. The molecule has 1 saturated carbocycles. The van der Waals surface area contributed by atoms with E-state index in [1.54, 1.807) is 0 Å². The fraction of sp³-hybridized carbons (Fsp3) is 0.500. The van der Waals surface area contributed by atoms with E-state index in [4.69, 9.17) is 5.11 Å². The van der Waals surface area contributed by atoms with Crippen molar-refractivity contribution in [3.05, 3.63) is 34.9 Å². The van der Waals surface area contributed by atoms with Crippen LogP contribution in [0.1, 0.15) is 36.0 Å². The van der Waals surface area contributed by atoms with Gasteiger partial charge in [-0.3, -0.25) is 4.79 Å². The summed E-state index contributed by atoms with van der Waals surface area (Å²) >= 11 is 0. The zero-order valence-electron chi connectivity index (χ0n) is 10.2. The summed E-state index contributed by atoms with van der Waals surface area (Å²) in [5.74, 6) is -0.851. The highest BCUT2D eigenvalue weighted by atomic mass is 19.1. The van der Waals surface area contributed by atoms with Crippen molar-refractivity contribution in [3.63, 3.8) is 0 Å². The minimum absolute atomic E-state index is 0.0241. The number of carboxylic acids is 1. The number of carboxylic acid groups (broad SMARTS) is 1. The predicted octanol–water partition coefficient (Wildman–Crippen LogP) is 3.15. The first-order valence-electron chi connectivity index (χ1n) is 5.86. The lowest BCUT2D eigenvalue weighted by Gasteiger charge is -2.44. The molecule has 0 unspecified atom stereocenters. The van der Waals surface area contributed by atoms with Gasteiger partial charge in [-0.1, -0.05) is 29.3 Å². The Kier molecular flexibility index (Phi) is 2.94. The fourth-order valence-electron chi connectivity index (χ4n) is 2.84. The summed E-state index contributed by atoms with van der Waals surface area (Å²) < 4.78 is 13.2. The molecule has 0 radical (unpaired) electrons. The van der Waals surface area contributed by atoms with Crippen molar-refractivity contribution in [2.45, 2.75) is 44.7 Å². The Labute approximate surface area is 100 Å². The molecule has 0 atom stereocenters. The van der Waals surface area contributed by atoms with Crippen molar-refractivity contribution in [1.82, 2.24) is 0 Å². The average Bonchev–Trinajstić information content (AvgIpc) is 2.12. The van der Waals surface area contributed by atoms with Crippen LogP contribution in [0.15, 0.2) is 18.2 Å². The third kappa shape index (κ3) is 2.33. The van der Waals surface area contributed by atoms with Gasteiger partial charge in [0.25, 0.3) is 0 Å². The maximum Gasteiger partial charge on any atom is 0.304 e. The van der Waals surface area contributed by atoms with E-state index >= 15 is 0 Å². The molecule has 0 aromatic heterocycles. The Morgan fingerprint density at radius 3 is 2.29 bits per heavy atom. The Hall–Kier alpha value is -1.38. The van der Waals surface area contributed by atoms with Gasteiger partial charge in [-0.05, 0) is 32.3 Å². The third-order valence-electron chi connectivity index (χ3n) is 3.55. The smallest absolute Gasteiger partial charge is 0.304 e. The van der Waals surface area contributed by atoms with Gasteiger partial charge in [0, 0.05) is 5.41 Å². The van der Waals surface area contributed by atoms with E-state index in [0.29, 0.717) is 12.8 Å². The molecule has 0 amide bonds. The molecule has 0 heterocycles. The molecule has 0 bridgehead atoms. The number of rotatable bonds is 3. The number of halogens is 1. The van der Waals surface area contributed by atoms with Crippen LogP contribution in [0.2, 0.25) is 0 Å². The fourth-order valence-corrected chi connectivity index (χ4v) is 2.84. The third-order valence-corrected chi connectivity index (χ3v) is 3.55. The van der Waals surface area contributed by atoms with E-state index in [-0.39, 0.29) is 6.42 Å². The van der Waals surface area contributed by atoms with Gasteiger partial charge in [-0.2, -0.15) is 0 Å². The van der Waals surface area contributed by atoms with Crippen LogP contribution < -0.4 is 0 Å². The minimum atomic E-state index is -0.852. The van der Waals surface area contributed by atoms with Crippen molar-refractivity contribution in [1.29, 1.82) is 0 Å². The average molecular weight is 236 g/mol. The monoisotopic (exact) mass is 236 g/mol. The van der Waals surface area contributed by atoms with E-state index in [9.17, 15) is 9.18 Å². The Bertz CT molecular complexity index is 427. The maximum atomic E-state index is 13.2. The molecule has 0 saturated heterocycles. The highest BCUT2D eigenvalue weighted by Crippen LogP contribution is 2.48. The summed E-state index contributed by atoms with van der Waals surface area (Å²) in [6.07, 6.45) is -0.157. The number of carbonyl (C=O) groups is 1. The minimum Gasteiger partial charge on any atom is -0.481 e. The molecule has 92 valence electrons. The highest BCUT2D eigenvalue weighted by Gasteiger charge is 2.47. The number of hydrogen-bond donors (Lipinski definition) is 1. The van der Waals surface area contributed by atoms with Crippen molar-refractivity contribution in [3.8, 4) is 0 Å². The number of aryl methyl sites for hydroxylation is 2. The summed E-state index contributed by atoms with van der Waals surface area (Å²) in [6.45, 7) is 3.97. The van der Waals surface area contributed by atoms with Crippen molar-refractivity contribution in [2.75, 3.05) is 0 Å². The Morgan fingerprint density at radius 1 is 1.35 bits per heavy atom. The second-order valence-electron chi connectivity index (χ2n) is 5.23. The topological polar surface area (TPSA) is 37.3 Å². The maximum absolute atomic E-state index is 13.2. The molecule has 1 aliphatic rings. The van der Waals surface area contributed by atoms with Crippen LogP contribution in [0.3, 0.4) is 0 Å². The van der Waals surface area contributed by atoms with Gasteiger partial charge in [0.15, 0.2) is 0 Å². The molecule has 2 nitrogen and oxygen atoms in total. The first-order valence-corrected chi connectivity index (χ1v) is 5.86. The molecule has 1 fully saturated rings. The molecular weight excluding hydrogens is 219 g/mol. The molecule has 0 spiro atoms. The molecule has 1 N–H and O–H groups in total. The second-order valence-corrected chi connectivity index (χ2v) is 5.23. The number of alkyl halides is 1. The van der Waals surface area contributed by atoms with E-state index in [1.807, 2.05) is 32.0 Å². The Balaban J connectivity index is 2.36. The highest BCUT2D eigenvalue weighted by molar-refractivity contribution is 5.69. The molecule has 3 heteroatoms. The van der Waals surface area contributed by atoms with Crippen LogP contribution in [-0.2, 0) is 10.2 Å². The van der Waals surface area contributed by atoms with Gasteiger partial charge in [0.05, 0.1) is 6.42 Å². The van der Waals surface area contributed by atoms with Gasteiger partial charge in [-0.25, -0.2) is 4.39 Å². The van der Waals surface area contributed by atoms with Crippen LogP contribution >= 0.6 is 0 Å². The van der Waals surface area contributed by atoms with Gasteiger partial charge in [0.1, 0.15) is 6.17 Å². The van der Waals surface area contributed by atoms with E-state index in [2.05, 4.69) is 0 Å². The normalized spacial score (nSPS) is 27.6. The van der Waals surface area contributed by atoms with Gasteiger partial charge in [0.2, 0.25) is 0 Å². The van der Waals surface area contributed by atoms with Crippen LogP contribution in [0.25, 0.3) is 0 Å². The van der Waals surface area contributed by atoms with Crippen molar-refractivity contribution < 1.29 is 14.3 Å². The second kappa shape index (κ2) is 4.13. The van der Waals surface area contributed by atoms with Crippen molar-refractivity contribution in [2.24, 2.45) is 0 Å². The summed E-state index contributed by atoms with van der Waals surface area (Å²) in [5, 5.41) is 8.98. The SMILES string of the molecule is Cc1cc(C)cc(C2(CC(=O)O)CC(F)C2)c1. The lowest BCUT2D eigenvalue weighted by molar-refractivity contribution is -0.140. The van der Waals surface area contributed by atoms with Gasteiger partial charge < -0.3 is 5.11 Å². The van der Waals surface area contributed by atoms with E-state index in [1.165, 1.54) is 0 Å². The van der Waals surface area contributed by atoms with Crippen LogP contribution in [-0.4, -0.2) is 17.2 Å². The molecule has 1 aromatic rings. The zero-order chi connectivity index (χ0) is 12.6. The standard InChI is InChI=1S/C14H17FO2/c1-9-3-10(2)5-11(4-9)14(8-13(16)17)6-12(15)7-14/h3-5,12H,6-8H2,1-2H3,(H,16,17). The molecule has 1 aromatic carbocycles. The zero-order valence-corrected chi connectivity index (χ0v) is 10.2.